The first-order chi connectivity index (χ1) is 13.7. The van der Waals surface area contributed by atoms with Gasteiger partial charge in [0.1, 0.15) is 0 Å². The standard InChI is InChI=1S/C25H27NO2/c1-2-3-4-5-6-7-19-8-10-21(11-9-19)24-17-16-23(18-26-24)20-12-14-22(15-13-20)25(27)28/h8-18H,2-7H2,1H3,(H,27,28). The van der Waals surface area contributed by atoms with Crippen LogP contribution in [0, 0.1) is 0 Å². The minimum atomic E-state index is -0.913. The van der Waals surface area contributed by atoms with Crippen molar-refractivity contribution in [3.63, 3.8) is 0 Å². The molecule has 0 radical (unpaired) electrons. The van der Waals surface area contributed by atoms with Crippen LogP contribution >= 0.6 is 0 Å². The third-order valence-corrected chi connectivity index (χ3v) is 5.05. The first kappa shape index (κ1) is 19.8. The number of carbonyl (C=O) groups is 1. The molecule has 1 aromatic heterocycles. The number of hydrogen-bond acceptors (Lipinski definition) is 2. The summed E-state index contributed by atoms with van der Waals surface area (Å²) in [6.45, 7) is 2.24. The highest BCUT2D eigenvalue weighted by molar-refractivity contribution is 5.88. The number of pyridine rings is 1. The topological polar surface area (TPSA) is 50.2 Å². The Balaban J connectivity index is 1.62. The zero-order chi connectivity index (χ0) is 19.8. The molecule has 1 N–H and O–H groups in total. The lowest BCUT2D eigenvalue weighted by Crippen LogP contribution is -1.95. The average Bonchev–Trinajstić information content (AvgIpc) is 2.74. The molecule has 0 saturated heterocycles. The first-order valence-electron chi connectivity index (χ1n) is 10.1. The van der Waals surface area contributed by atoms with E-state index >= 15 is 0 Å². The Morgan fingerprint density at radius 3 is 2.04 bits per heavy atom. The Kier molecular flexibility index (Phi) is 6.96. The van der Waals surface area contributed by atoms with Crippen molar-refractivity contribution in [3.8, 4) is 22.4 Å². The van der Waals surface area contributed by atoms with Crippen LogP contribution in [-0.4, -0.2) is 16.1 Å². The normalized spacial score (nSPS) is 10.8. The molecule has 144 valence electrons. The van der Waals surface area contributed by atoms with Gasteiger partial charge in [0.25, 0.3) is 0 Å². The van der Waals surface area contributed by atoms with Crippen LogP contribution < -0.4 is 0 Å². The molecule has 0 atom stereocenters. The number of aryl methyl sites for hydroxylation is 1. The Labute approximate surface area is 167 Å². The number of unbranched alkanes of at least 4 members (excludes halogenated alkanes) is 4. The third kappa shape index (κ3) is 5.29. The van der Waals surface area contributed by atoms with E-state index in [4.69, 9.17) is 5.11 Å². The zero-order valence-corrected chi connectivity index (χ0v) is 16.4. The van der Waals surface area contributed by atoms with Gasteiger partial charge in [0.05, 0.1) is 11.3 Å². The van der Waals surface area contributed by atoms with Crippen LogP contribution in [0.15, 0.2) is 66.9 Å². The minimum Gasteiger partial charge on any atom is -0.478 e. The molecule has 0 spiro atoms. The van der Waals surface area contributed by atoms with Gasteiger partial charge in [-0.2, -0.15) is 0 Å². The quantitative estimate of drug-likeness (QED) is 0.428. The van der Waals surface area contributed by atoms with Gasteiger partial charge in [-0.05, 0) is 42.2 Å². The maximum Gasteiger partial charge on any atom is 0.335 e. The Morgan fingerprint density at radius 2 is 1.43 bits per heavy atom. The highest BCUT2D eigenvalue weighted by atomic mass is 16.4. The van der Waals surface area contributed by atoms with Gasteiger partial charge >= 0.3 is 5.97 Å². The predicted molar refractivity (Wildman–Crippen MR) is 115 cm³/mol. The van der Waals surface area contributed by atoms with E-state index in [-0.39, 0.29) is 0 Å². The van der Waals surface area contributed by atoms with E-state index in [1.807, 2.05) is 30.5 Å². The van der Waals surface area contributed by atoms with Crippen LogP contribution in [-0.2, 0) is 6.42 Å². The number of carboxylic acids is 1. The molecule has 3 aromatic rings. The van der Waals surface area contributed by atoms with Gasteiger partial charge in [-0.25, -0.2) is 4.79 Å². The monoisotopic (exact) mass is 373 g/mol. The summed E-state index contributed by atoms with van der Waals surface area (Å²) in [5.41, 5.74) is 5.67. The molecular weight excluding hydrogens is 346 g/mol. The van der Waals surface area contributed by atoms with Gasteiger partial charge in [0.15, 0.2) is 0 Å². The SMILES string of the molecule is CCCCCCCc1ccc(-c2ccc(-c3ccc(C(=O)O)cc3)cn2)cc1. The highest BCUT2D eigenvalue weighted by Gasteiger charge is 2.05. The highest BCUT2D eigenvalue weighted by Crippen LogP contribution is 2.23. The van der Waals surface area contributed by atoms with Crippen LogP contribution in [0.3, 0.4) is 0 Å². The van der Waals surface area contributed by atoms with Crippen molar-refractivity contribution in [1.82, 2.24) is 4.98 Å². The maximum atomic E-state index is 11.0. The van der Waals surface area contributed by atoms with E-state index in [1.54, 1.807) is 12.1 Å². The van der Waals surface area contributed by atoms with Crippen LogP contribution in [0.4, 0.5) is 0 Å². The summed E-state index contributed by atoms with van der Waals surface area (Å²) in [7, 11) is 0. The number of aromatic nitrogens is 1. The molecule has 0 unspecified atom stereocenters. The van der Waals surface area contributed by atoms with Crippen LogP contribution in [0.2, 0.25) is 0 Å². The van der Waals surface area contributed by atoms with Gasteiger partial charge < -0.3 is 5.11 Å². The summed E-state index contributed by atoms with van der Waals surface area (Å²) in [5.74, 6) is -0.913. The number of aromatic carboxylic acids is 1. The smallest absolute Gasteiger partial charge is 0.335 e. The van der Waals surface area contributed by atoms with Gasteiger partial charge in [0.2, 0.25) is 0 Å². The molecule has 0 amide bonds. The maximum absolute atomic E-state index is 11.0. The summed E-state index contributed by atoms with van der Waals surface area (Å²) in [5, 5.41) is 9.00. The van der Waals surface area contributed by atoms with Crippen molar-refractivity contribution in [2.45, 2.75) is 45.4 Å². The summed E-state index contributed by atoms with van der Waals surface area (Å²) < 4.78 is 0. The fraction of sp³-hybridized carbons (Fsp3) is 0.280. The van der Waals surface area contributed by atoms with E-state index in [2.05, 4.69) is 36.2 Å². The summed E-state index contributed by atoms with van der Waals surface area (Å²) in [6, 6.07) is 19.6. The number of hydrogen-bond donors (Lipinski definition) is 1. The molecule has 0 aliphatic rings. The lowest BCUT2D eigenvalue weighted by atomic mass is 10.0. The number of carboxylic acid groups (broad SMARTS) is 1. The first-order valence-corrected chi connectivity index (χ1v) is 10.1. The van der Waals surface area contributed by atoms with Crippen molar-refractivity contribution in [2.24, 2.45) is 0 Å². The average molecular weight is 373 g/mol. The number of nitrogens with zero attached hydrogens (tertiary/aromatic N) is 1. The van der Waals surface area contributed by atoms with Gasteiger partial charge in [-0.1, -0.05) is 75.1 Å². The second kappa shape index (κ2) is 9.84. The summed E-state index contributed by atoms with van der Waals surface area (Å²) in [4.78, 5) is 15.6. The fourth-order valence-electron chi connectivity index (χ4n) is 3.32. The van der Waals surface area contributed by atoms with E-state index < -0.39 is 5.97 Å². The molecule has 2 aromatic carbocycles. The van der Waals surface area contributed by atoms with E-state index in [0.29, 0.717) is 5.56 Å². The van der Waals surface area contributed by atoms with Gasteiger partial charge in [-0.15, -0.1) is 0 Å². The molecule has 28 heavy (non-hydrogen) atoms. The molecule has 3 heteroatoms. The molecule has 0 bridgehead atoms. The zero-order valence-electron chi connectivity index (χ0n) is 16.4. The van der Waals surface area contributed by atoms with Crippen molar-refractivity contribution in [3.05, 3.63) is 78.0 Å². The summed E-state index contributed by atoms with van der Waals surface area (Å²) >= 11 is 0. The number of rotatable bonds is 9. The van der Waals surface area contributed by atoms with E-state index in [9.17, 15) is 4.79 Å². The van der Waals surface area contributed by atoms with Crippen LogP contribution in [0.1, 0.15) is 54.9 Å². The molecular formula is C25H27NO2. The van der Waals surface area contributed by atoms with Crippen molar-refractivity contribution in [2.75, 3.05) is 0 Å². The van der Waals surface area contributed by atoms with Gasteiger partial charge in [0, 0.05) is 17.3 Å². The second-order valence-electron chi connectivity index (χ2n) is 7.18. The van der Waals surface area contributed by atoms with Gasteiger partial charge in [-0.3, -0.25) is 4.98 Å². The third-order valence-electron chi connectivity index (χ3n) is 5.05. The van der Waals surface area contributed by atoms with Crippen LogP contribution in [0.5, 0.6) is 0 Å². The summed E-state index contributed by atoms with van der Waals surface area (Å²) in [6.07, 6.45) is 9.51. The molecule has 3 rings (SSSR count). The molecule has 1 heterocycles. The van der Waals surface area contributed by atoms with Crippen molar-refractivity contribution >= 4 is 5.97 Å². The minimum absolute atomic E-state index is 0.291. The lowest BCUT2D eigenvalue weighted by Gasteiger charge is -2.06. The Morgan fingerprint density at radius 1 is 0.786 bits per heavy atom. The molecule has 0 fully saturated rings. The molecule has 3 nitrogen and oxygen atoms in total. The lowest BCUT2D eigenvalue weighted by molar-refractivity contribution is 0.0697. The second-order valence-corrected chi connectivity index (χ2v) is 7.18. The molecule has 0 aliphatic heterocycles. The largest absolute Gasteiger partial charge is 0.478 e. The Bertz CT molecular complexity index is 881. The molecule has 0 saturated carbocycles. The van der Waals surface area contributed by atoms with E-state index in [1.165, 1.54) is 37.7 Å². The Hall–Kier alpha value is -2.94. The molecule has 0 aliphatic carbocycles. The van der Waals surface area contributed by atoms with Crippen molar-refractivity contribution < 1.29 is 9.90 Å². The number of benzene rings is 2. The predicted octanol–water partition coefficient (Wildman–Crippen LogP) is 6.63. The van der Waals surface area contributed by atoms with Crippen molar-refractivity contribution in [1.29, 1.82) is 0 Å². The fourth-order valence-corrected chi connectivity index (χ4v) is 3.32. The van der Waals surface area contributed by atoms with Crippen LogP contribution in [0.25, 0.3) is 22.4 Å². The van der Waals surface area contributed by atoms with E-state index in [0.717, 1.165) is 28.8 Å².